The van der Waals surface area contributed by atoms with Crippen molar-refractivity contribution in [2.45, 2.75) is 19.9 Å². The molecule has 0 amide bonds. The molecular formula is C21H19F2N5O. The third kappa shape index (κ3) is 3.49. The van der Waals surface area contributed by atoms with Gasteiger partial charge in [0, 0.05) is 47.3 Å². The lowest BCUT2D eigenvalue weighted by atomic mass is 10.0. The second kappa shape index (κ2) is 7.83. The molecule has 0 saturated carbocycles. The summed E-state index contributed by atoms with van der Waals surface area (Å²) >= 11 is 0. The molecule has 3 aromatic heterocycles. The maximum Gasteiger partial charge on any atom is 0.170 e. The SMILES string of the molecule is CCc1ncccc1-c1ccc(NCc2c(F)cc(F)cc2OC)n2cnnc12. The summed E-state index contributed by atoms with van der Waals surface area (Å²) in [4.78, 5) is 4.44. The fourth-order valence-electron chi connectivity index (χ4n) is 3.34. The van der Waals surface area contributed by atoms with Crippen LogP contribution < -0.4 is 10.1 Å². The summed E-state index contributed by atoms with van der Waals surface area (Å²) in [6, 6.07) is 9.68. The number of nitrogens with zero attached hydrogens (tertiary/aromatic N) is 4. The summed E-state index contributed by atoms with van der Waals surface area (Å²) < 4.78 is 34.6. The normalized spacial score (nSPS) is 11.0. The number of hydrogen-bond donors (Lipinski definition) is 1. The zero-order valence-corrected chi connectivity index (χ0v) is 16.0. The number of halogens is 2. The summed E-state index contributed by atoms with van der Waals surface area (Å²) in [6.07, 6.45) is 4.14. The average Bonchev–Trinajstić information content (AvgIpc) is 3.22. The highest BCUT2D eigenvalue weighted by atomic mass is 19.1. The van der Waals surface area contributed by atoms with Crippen LogP contribution in [0.2, 0.25) is 0 Å². The molecule has 6 nitrogen and oxygen atoms in total. The van der Waals surface area contributed by atoms with E-state index in [1.165, 1.54) is 7.11 Å². The van der Waals surface area contributed by atoms with E-state index in [2.05, 4.69) is 20.5 Å². The van der Waals surface area contributed by atoms with Crippen molar-refractivity contribution in [1.29, 1.82) is 0 Å². The minimum absolute atomic E-state index is 0.106. The third-order valence-corrected chi connectivity index (χ3v) is 4.76. The maximum atomic E-state index is 14.2. The monoisotopic (exact) mass is 395 g/mol. The number of aryl methyl sites for hydroxylation is 1. The first-order chi connectivity index (χ1) is 14.1. The van der Waals surface area contributed by atoms with Crippen LogP contribution in [0.1, 0.15) is 18.2 Å². The van der Waals surface area contributed by atoms with Crippen molar-refractivity contribution in [2.75, 3.05) is 12.4 Å². The molecule has 1 N–H and O–H groups in total. The quantitative estimate of drug-likeness (QED) is 0.529. The fourth-order valence-corrected chi connectivity index (χ4v) is 3.34. The molecule has 4 rings (SSSR count). The van der Waals surface area contributed by atoms with Crippen LogP contribution in [-0.2, 0) is 13.0 Å². The molecule has 0 aliphatic rings. The molecule has 0 saturated heterocycles. The molecule has 0 aliphatic heterocycles. The Morgan fingerprint density at radius 3 is 2.79 bits per heavy atom. The van der Waals surface area contributed by atoms with Crippen molar-refractivity contribution < 1.29 is 13.5 Å². The number of methoxy groups -OCH3 is 1. The number of rotatable bonds is 6. The second-order valence-electron chi connectivity index (χ2n) is 6.43. The molecule has 0 bridgehead atoms. The van der Waals surface area contributed by atoms with Crippen LogP contribution in [0, 0.1) is 11.6 Å². The van der Waals surface area contributed by atoms with Gasteiger partial charge in [-0.05, 0) is 24.6 Å². The molecule has 0 radical (unpaired) electrons. The van der Waals surface area contributed by atoms with Crippen molar-refractivity contribution in [3.05, 3.63) is 71.8 Å². The van der Waals surface area contributed by atoms with E-state index in [1.807, 2.05) is 31.2 Å². The predicted octanol–water partition coefficient (Wildman–Crippen LogP) is 4.25. The van der Waals surface area contributed by atoms with Crippen LogP contribution in [0.25, 0.3) is 16.8 Å². The Balaban J connectivity index is 1.70. The lowest BCUT2D eigenvalue weighted by Crippen LogP contribution is -2.08. The Morgan fingerprint density at radius 2 is 2.00 bits per heavy atom. The van der Waals surface area contributed by atoms with Gasteiger partial charge in [0.1, 0.15) is 29.5 Å². The van der Waals surface area contributed by atoms with Gasteiger partial charge in [0.15, 0.2) is 5.65 Å². The minimum Gasteiger partial charge on any atom is -0.496 e. The van der Waals surface area contributed by atoms with Gasteiger partial charge in [-0.3, -0.25) is 9.38 Å². The Bertz CT molecular complexity index is 1180. The van der Waals surface area contributed by atoms with Crippen LogP contribution in [-0.4, -0.2) is 26.7 Å². The van der Waals surface area contributed by atoms with E-state index in [-0.39, 0.29) is 17.9 Å². The summed E-state index contributed by atoms with van der Waals surface area (Å²) in [6.45, 7) is 2.16. The van der Waals surface area contributed by atoms with Gasteiger partial charge < -0.3 is 10.1 Å². The zero-order valence-electron chi connectivity index (χ0n) is 16.0. The molecule has 0 unspecified atom stereocenters. The van der Waals surface area contributed by atoms with E-state index in [4.69, 9.17) is 4.74 Å². The fraction of sp³-hybridized carbons (Fsp3) is 0.190. The van der Waals surface area contributed by atoms with Gasteiger partial charge >= 0.3 is 0 Å². The van der Waals surface area contributed by atoms with Gasteiger partial charge in [-0.15, -0.1) is 10.2 Å². The molecule has 0 aliphatic carbocycles. The molecule has 29 heavy (non-hydrogen) atoms. The molecule has 148 valence electrons. The molecule has 8 heteroatoms. The number of hydrogen-bond acceptors (Lipinski definition) is 5. The van der Waals surface area contributed by atoms with Crippen molar-refractivity contribution in [1.82, 2.24) is 19.6 Å². The number of benzene rings is 1. The first-order valence-corrected chi connectivity index (χ1v) is 9.15. The molecular weight excluding hydrogens is 376 g/mol. The van der Waals surface area contributed by atoms with E-state index in [0.29, 0.717) is 11.5 Å². The first-order valence-electron chi connectivity index (χ1n) is 9.15. The number of nitrogens with one attached hydrogen (secondary N) is 1. The number of ether oxygens (including phenoxy) is 1. The van der Waals surface area contributed by atoms with E-state index >= 15 is 0 Å². The Kier molecular flexibility index (Phi) is 5.07. The van der Waals surface area contributed by atoms with E-state index in [1.54, 1.807) is 16.9 Å². The number of fused-ring (bicyclic) bond motifs is 1. The molecule has 3 heterocycles. The number of pyridine rings is 2. The summed E-state index contributed by atoms with van der Waals surface area (Å²) in [5.41, 5.74) is 3.76. The summed E-state index contributed by atoms with van der Waals surface area (Å²) in [7, 11) is 1.38. The lowest BCUT2D eigenvalue weighted by molar-refractivity contribution is 0.400. The molecule has 0 atom stereocenters. The largest absolute Gasteiger partial charge is 0.496 e. The van der Waals surface area contributed by atoms with Crippen molar-refractivity contribution in [3.63, 3.8) is 0 Å². The number of aromatic nitrogens is 4. The van der Waals surface area contributed by atoms with Crippen LogP contribution in [0.4, 0.5) is 14.6 Å². The Labute approximate surface area is 166 Å². The predicted molar refractivity (Wildman–Crippen MR) is 106 cm³/mol. The van der Waals surface area contributed by atoms with Gasteiger partial charge in [-0.2, -0.15) is 0 Å². The van der Waals surface area contributed by atoms with Gasteiger partial charge in [0.05, 0.1) is 7.11 Å². The van der Waals surface area contributed by atoms with Crippen molar-refractivity contribution >= 4 is 11.5 Å². The average molecular weight is 395 g/mol. The van der Waals surface area contributed by atoms with Crippen molar-refractivity contribution in [2.24, 2.45) is 0 Å². The topological polar surface area (TPSA) is 64.3 Å². The Morgan fingerprint density at radius 1 is 1.14 bits per heavy atom. The van der Waals surface area contributed by atoms with Crippen LogP contribution in [0.15, 0.2) is 48.9 Å². The standard InChI is InChI=1S/C21H19F2N5O/c1-3-18-14(5-4-8-24-18)15-6-7-20(28-12-26-27-21(15)28)25-11-16-17(23)9-13(22)10-19(16)29-2/h4-10,12,25H,3,11H2,1-2H3. The minimum atomic E-state index is -0.683. The molecule has 1 aromatic carbocycles. The van der Waals surface area contributed by atoms with Crippen LogP contribution in [0.5, 0.6) is 5.75 Å². The molecule has 4 aromatic rings. The number of anilines is 1. The smallest absolute Gasteiger partial charge is 0.170 e. The van der Waals surface area contributed by atoms with Gasteiger partial charge in [0.2, 0.25) is 0 Å². The third-order valence-electron chi connectivity index (χ3n) is 4.76. The Hall–Kier alpha value is -3.55. The van der Waals surface area contributed by atoms with E-state index < -0.39 is 11.6 Å². The highest BCUT2D eigenvalue weighted by molar-refractivity contribution is 5.80. The highest BCUT2D eigenvalue weighted by Gasteiger charge is 2.15. The zero-order chi connectivity index (χ0) is 20.4. The summed E-state index contributed by atoms with van der Waals surface area (Å²) in [5, 5.41) is 11.4. The van der Waals surface area contributed by atoms with Crippen LogP contribution >= 0.6 is 0 Å². The lowest BCUT2D eigenvalue weighted by Gasteiger charge is -2.14. The van der Waals surface area contributed by atoms with Gasteiger partial charge in [-0.25, -0.2) is 8.78 Å². The maximum absolute atomic E-state index is 14.2. The van der Waals surface area contributed by atoms with E-state index in [9.17, 15) is 8.78 Å². The summed E-state index contributed by atoms with van der Waals surface area (Å²) in [5.74, 6) is -0.540. The molecule has 0 fully saturated rings. The van der Waals surface area contributed by atoms with Gasteiger partial charge in [0.25, 0.3) is 0 Å². The first kappa shape index (κ1) is 18.8. The van der Waals surface area contributed by atoms with Crippen molar-refractivity contribution in [3.8, 4) is 16.9 Å². The highest BCUT2D eigenvalue weighted by Crippen LogP contribution is 2.29. The second-order valence-corrected chi connectivity index (χ2v) is 6.43. The van der Waals surface area contributed by atoms with E-state index in [0.717, 1.165) is 35.4 Å². The molecule has 0 spiro atoms. The van der Waals surface area contributed by atoms with Crippen LogP contribution in [0.3, 0.4) is 0 Å². The van der Waals surface area contributed by atoms with Gasteiger partial charge in [-0.1, -0.05) is 13.0 Å².